The van der Waals surface area contributed by atoms with Crippen molar-refractivity contribution in [2.75, 3.05) is 12.4 Å². The Hall–Kier alpha value is -2.73. The number of amides is 1. The number of fused-ring (bicyclic) bond motifs is 1. The van der Waals surface area contributed by atoms with Crippen molar-refractivity contribution < 1.29 is 23.8 Å². The fraction of sp³-hybridized carbons (Fsp3) is 0.176. The summed E-state index contributed by atoms with van der Waals surface area (Å²) in [4.78, 5) is 24.6. The summed E-state index contributed by atoms with van der Waals surface area (Å²) in [5, 5.41) is 13.3. The monoisotopic (exact) mass is 315 g/mol. The van der Waals surface area contributed by atoms with Crippen LogP contribution in [0, 0.1) is 5.82 Å². The molecule has 2 aromatic rings. The van der Waals surface area contributed by atoms with E-state index < -0.39 is 29.5 Å². The third-order valence-corrected chi connectivity index (χ3v) is 3.88. The number of halogens is 1. The number of carbonyl (C=O) groups is 2. The van der Waals surface area contributed by atoms with Crippen LogP contribution >= 0.6 is 0 Å². The number of benzene rings is 2. The molecule has 0 radical (unpaired) electrons. The number of hydrogen-bond acceptors (Lipinski definition) is 4. The molecule has 2 N–H and O–H groups in total. The molecule has 1 amide bonds. The highest BCUT2D eigenvalue weighted by atomic mass is 19.1. The Morgan fingerprint density at radius 2 is 2.04 bits per heavy atom. The topological polar surface area (TPSA) is 75.6 Å². The number of para-hydroxylation sites is 1. The molecule has 1 aliphatic rings. The summed E-state index contributed by atoms with van der Waals surface area (Å²) in [5.74, 6) is -1.66. The molecular formula is C17H14FNO4. The van der Waals surface area contributed by atoms with Crippen LogP contribution < -0.4 is 10.1 Å². The minimum absolute atomic E-state index is 0.0605. The molecule has 6 heteroatoms. The van der Waals surface area contributed by atoms with Crippen molar-refractivity contribution in [3.05, 3.63) is 59.4 Å². The van der Waals surface area contributed by atoms with E-state index in [1.807, 2.05) is 0 Å². The number of methoxy groups -OCH3 is 1. The third kappa shape index (κ3) is 2.47. The SMILES string of the molecule is COc1cc(F)ccc1C(=O)C[C@]1(O)C(=O)Nc2ccccc21. The van der Waals surface area contributed by atoms with Crippen LogP contribution in [-0.4, -0.2) is 23.9 Å². The lowest BCUT2D eigenvalue weighted by Crippen LogP contribution is -2.36. The quantitative estimate of drug-likeness (QED) is 0.849. The Kier molecular flexibility index (Phi) is 3.61. The van der Waals surface area contributed by atoms with E-state index in [0.717, 1.165) is 12.1 Å². The van der Waals surface area contributed by atoms with Crippen molar-refractivity contribution in [3.8, 4) is 5.75 Å². The fourth-order valence-electron chi connectivity index (χ4n) is 2.70. The van der Waals surface area contributed by atoms with Crippen molar-refractivity contribution in [2.45, 2.75) is 12.0 Å². The Labute approximate surface area is 131 Å². The third-order valence-electron chi connectivity index (χ3n) is 3.88. The van der Waals surface area contributed by atoms with E-state index in [2.05, 4.69) is 5.32 Å². The fourth-order valence-corrected chi connectivity index (χ4v) is 2.70. The summed E-state index contributed by atoms with van der Waals surface area (Å²) in [6.07, 6.45) is -0.460. The predicted octanol–water partition coefficient (Wildman–Crippen LogP) is 2.25. The molecule has 0 aliphatic carbocycles. The minimum atomic E-state index is -1.95. The maximum absolute atomic E-state index is 13.2. The van der Waals surface area contributed by atoms with Crippen LogP contribution in [-0.2, 0) is 10.4 Å². The molecule has 3 rings (SSSR count). The lowest BCUT2D eigenvalue weighted by atomic mass is 9.88. The summed E-state index contributed by atoms with van der Waals surface area (Å²) in [7, 11) is 1.32. The molecular weight excluding hydrogens is 301 g/mol. The predicted molar refractivity (Wildman–Crippen MR) is 80.9 cm³/mol. The number of aliphatic hydroxyl groups is 1. The summed E-state index contributed by atoms with van der Waals surface area (Å²) in [6, 6.07) is 10.1. The Balaban J connectivity index is 1.96. The van der Waals surface area contributed by atoms with E-state index >= 15 is 0 Å². The Morgan fingerprint density at radius 1 is 1.30 bits per heavy atom. The molecule has 0 saturated heterocycles. The van der Waals surface area contributed by atoms with Gasteiger partial charge in [-0.25, -0.2) is 4.39 Å². The summed E-state index contributed by atoms with van der Waals surface area (Å²) >= 11 is 0. The molecule has 0 spiro atoms. The number of carbonyl (C=O) groups excluding carboxylic acids is 2. The van der Waals surface area contributed by atoms with Gasteiger partial charge in [-0.3, -0.25) is 9.59 Å². The second-order valence-electron chi connectivity index (χ2n) is 5.30. The van der Waals surface area contributed by atoms with E-state index in [-0.39, 0.29) is 11.3 Å². The van der Waals surface area contributed by atoms with Crippen molar-refractivity contribution in [1.82, 2.24) is 0 Å². The second-order valence-corrected chi connectivity index (χ2v) is 5.30. The highest BCUT2D eigenvalue weighted by molar-refractivity contribution is 6.09. The van der Waals surface area contributed by atoms with Crippen LogP contribution in [0.3, 0.4) is 0 Å². The van der Waals surface area contributed by atoms with Crippen molar-refractivity contribution in [1.29, 1.82) is 0 Å². The van der Waals surface area contributed by atoms with E-state index in [1.165, 1.54) is 13.2 Å². The van der Waals surface area contributed by atoms with Crippen LogP contribution in [0.25, 0.3) is 0 Å². The molecule has 0 saturated carbocycles. The first-order valence-electron chi connectivity index (χ1n) is 6.96. The molecule has 0 fully saturated rings. The number of ketones is 1. The zero-order chi connectivity index (χ0) is 16.6. The number of nitrogens with one attached hydrogen (secondary N) is 1. The number of anilines is 1. The largest absolute Gasteiger partial charge is 0.496 e. The number of hydrogen-bond donors (Lipinski definition) is 2. The van der Waals surface area contributed by atoms with Crippen molar-refractivity contribution in [3.63, 3.8) is 0 Å². The smallest absolute Gasteiger partial charge is 0.261 e. The number of ether oxygens (including phenoxy) is 1. The molecule has 1 heterocycles. The molecule has 1 atom stereocenters. The zero-order valence-electron chi connectivity index (χ0n) is 12.3. The number of rotatable bonds is 4. The van der Waals surface area contributed by atoms with Crippen LogP contribution in [0.5, 0.6) is 5.75 Å². The van der Waals surface area contributed by atoms with Crippen LogP contribution in [0.1, 0.15) is 22.3 Å². The van der Waals surface area contributed by atoms with Gasteiger partial charge in [-0.1, -0.05) is 18.2 Å². The van der Waals surface area contributed by atoms with E-state index in [0.29, 0.717) is 11.3 Å². The van der Waals surface area contributed by atoms with E-state index in [9.17, 15) is 19.1 Å². The van der Waals surface area contributed by atoms with Gasteiger partial charge in [0, 0.05) is 17.3 Å². The standard InChI is InChI=1S/C17H14FNO4/c1-23-15-8-10(18)6-7-11(15)14(20)9-17(22)12-4-2-3-5-13(12)19-16(17)21/h2-8,22H,9H2,1H3,(H,19,21)/t17-/m1/s1. The highest BCUT2D eigenvalue weighted by Crippen LogP contribution is 2.39. The lowest BCUT2D eigenvalue weighted by Gasteiger charge is -2.20. The molecule has 0 bridgehead atoms. The van der Waals surface area contributed by atoms with Crippen LogP contribution in [0.4, 0.5) is 10.1 Å². The number of Topliss-reactive ketones (excluding diaryl/α,β-unsaturated/α-hetero) is 1. The zero-order valence-corrected chi connectivity index (χ0v) is 12.3. The van der Waals surface area contributed by atoms with Gasteiger partial charge in [-0.2, -0.15) is 0 Å². The van der Waals surface area contributed by atoms with Gasteiger partial charge in [0.1, 0.15) is 11.6 Å². The van der Waals surface area contributed by atoms with E-state index in [1.54, 1.807) is 24.3 Å². The lowest BCUT2D eigenvalue weighted by molar-refractivity contribution is -0.133. The molecule has 5 nitrogen and oxygen atoms in total. The normalized spacial score (nSPS) is 19.2. The molecule has 0 unspecified atom stereocenters. The molecule has 23 heavy (non-hydrogen) atoms. The second kappa shape index (κ2) is 5.48. The van der Waals surface area contributed by atoms with Gasteiger partial charge in [0.05, 0.1) is 19.1 Å². The minimum Gasteiger partial charge on any atom is -0.496 e. The highest BCUT2D eigenvalue weighted by Gasteiger charge is 2.46. The van der Waals surface area contributed by atoms with Gasteiger partial charge in [0.25, 0.3) is 5.91 Å². The first-order valence-corrected chi connectivity index (χ1v) is 6.96. The van der Waals surface area contributed by atoms with Gasteiger partial charge >= 0.3 is 0 Å². The molecule has 0 aromatic heterocycles. The van der Waals surface area contributed by atoms with Crippen molar-refractivity contribution >= 4 is 17.4 Å². The van der Waals surface area contributed by atoms with Crippen molar-refractivity contribution in [2.24, 2.45) is 0 Å². The Morgan fingerprint density at radius 3 is 2.78 bits per heavy atom. The average Bonchev–Trinajstić information content (AvgIpc) is 2.78. The first kappa shape index (κ1) is 15.2. The van der Waals surface area contributed by atoms with Gasteiger partial charge in [0.2, 0.25) is 0 Å². The maximum atomic E-state index is 13.2. The Bertz CT molecular complexity index is 805. The van der Waals surface area contributed by atoms with Crippen LogP contribution in [0.2, 0.25) is 0 Å². The molecule has 118 valence electrons. The summed E-state index contributed by atoms with van der Waals surface area (Å²) < 4.78 is 18.2. The van der Waals surface area contributed by atoms with E-state index in [4.69, 9.17) is 4.74 Å². The average molecular weight is 315 g/mol. The molecule has 1 aliphatic heterocycles. The maximum Gasteiger partial charge on any atom is 0.261 e. The first-order chi connectivity index (χ1) is 11.0. The van der Waals surface area contributed by atoms with Gasteiger partial charge in [-0.15, -0.1) is 0 Å². The molecule has 2 aromatic carbocycles. The summed E-state index contributed by atoms with van der Waals surface area (Å²) in [5.41, 5.74) is -1.02. The van der Waals surface area contributed by atoms with Crippen LogP contribution in [0.15, 0.2) is 42.5 Å². The van der Waals surface area contributed by atoms with Gasteiger partial charge in [0.15, 0.2) is 11.4 Å². The van der Waals surface area contributed by atoms with Gasteiger partial charge in [-0.05, 0) is 18.2 Å². The summed E-state index contributed by atoms with van der Waals surface area (Å²) in [6.45, 7) is 0. The van der Waals surface area contributed by atoms with Gasteiger partial charge < -0.3 is 15.2 Å².